The van der Waals surface area contributed by atoms with E-state index in [2.05, 4.69) is 18.0 Å². The van der Waals surface area contributed by atoms with Gasteiger partial charge in [0.05, 0.1) is 39.6 Å². The average molecular weight is 551 g/mol. The van der Waals surface area contributed by atoms with E-state index in [1.807, 2.05) is 44.2 Å². The highest BCUT2D eigenvalue weighted by atomic mass is 32.2. The van der Waals surface area contributed by atoms with E-state index in [0.717, 1.165) is 22.3 Å². The number of carbonyl (C=O) groups excluding carboxylic acids is 1. The lowest BCUT2D eigenvalue weighted by atomic mass is 10.2. The Morgan fingerprint density at radius 3 is 2.47 bits per heavy atom. The summed E-state index contributed by atoms with van der Waals surface area (Å²) in [7, 11) is -3.71. The number of hydrogen-bond donors (Lipinski definition) is 0. The minimum atomic E-state index is -3.71. The van der Waals surface area contributed by atoms with Gasteiger partial charge in [-0.05, 0) is 74.4 Å². The van der Waals surface area contributed by atoms with Gasteiger partial charge in [-0.1, -0.05) is 30.4 Å². The van der Waals surface area contributed by atoms with Gasteiger partial charge in [-0.15, -0.1) is 0 Å². The van der Waals surface area contributed by atoms with Crippen LogP contribution in [0.1, 0.15) is 42.4 Å². The number of nitrogens with zero attached hydrogens (tertiary/aromatic N) is 4. The number of morpholine rings is 1. The molecule has 2 aromatic heterocycles. The molecule has 3 heterocycles. The maximum Gasteiger partial charge on any atom is 0.260 e. The fraction of sp³-hybridized carbons (Fsp3) is 0.321. The van der Waals surface area contributed by atoms with Gasteiger partial charge in [0.1, 0.15) is 0 Å². The number of aromatic nitrogens is 2. The topological polar surface area (TPSA) is 92.7 Å². The summed E-state index contributed by atoms with van der Waals surface area (Å²) < 4.78 is 34.7. The molecule has 10 heteroatoms. The number of aryl methyl sites for hydroxylation is 1. The second kappa shape index (κ2) is 10.9. The molecular formula is C28H30N4O4S2. The number of ether oxygens (including phenoxy) is 1. The van der Waals surface area contributed by atoms with Crippen LogP contribution in [0.3, 0.4) is 0 Å². The molecule has 0 bridgehead atoms. The van der Waals surface area contributed by atoms with Gasteiger partial charge in [0, 0.05) is 24.8 Å². The molecule has 1 saturated heterocycles. The zero-order valence-corrected chi connectivity index (χ0v) is 23.2. The van der Waals surface area contributed by atoms with Gasteiger partial charge in [-0.25, -0.2) is 13.4 Å². The third kappa shape index (κ3) is 5.49. The molecule has 1 amide bonds. The first-order valence-corrected chi connectivity index (χ1v) is 14.9. The Balaban J connectivity index is 1.45. The second-order valence-electron chi connectivity index (χ2n) is 9.47. The number of anilines is 1. The molecule has 5 rings (SSSR count). The lowest BCUT2D eigenvalue weighted by Gasteiger charge is -2.34. The summed E-state index contributed by atoms with van der Waals surface area (Å²) in [5.41, 5.74) is 3.13. The molecule has 1 fully saturated rings. The molecule has 38 heavy (non-hydrogen) atoms. The van der Waals surface area contributed by atoms with E-state index in [-0.39, 0.29) is 29.6 Å². The molecule has 1 aliphatic heterocycles. The molecule has 198 valence electrons. The molecule has 0 N–H and O–H groups in total. The van der Waals surface area contributed by atoms with Crippen molar-refractivity contribution in [1.82, 2.24) is 14.3 Å². The molecule has 2 unspecified atom stereocenters. The van der Waals surface area contributed by atoms with Gasteiger partial charge in [-0.3, -0.25) is 14.7 Å². The van der Waals surface area contributed by atoms with Crippen LogP contribution in [0.25, 0.3) is 10.2 Å². The number of hydrogen-bond acceptors (Lipinski definition) is 7. The molecule has 0 spiro atoms. The van der Waals surface area contributed by atoms with Crippen LogP contribution in [-0.4, -0.2) is 53.9 Å². The van der Waals surface area contributed by atoms with Crippen LogP contribution in [0.5, 0.6) is 0 Å². The number of pyridine rings is 1. The summed E-state index contributed by atoms with van der Waals surface area (Å²) >= 11 is 1.46. The molecule has 0 saturated carbocycles. The molecule has 2 aromatic carbocycles. The highest BCUT2D eigenvalue weighted by molar-refractivity contribution is 7.89. The van der Waals surface area contributed by atoms with E-state index >= 15 is 0 Å². The average Bonchev–Trinajstić information content (AvgIpc) is 3.34. The summed E-state index contributed by atoms with van der Waals surface area (Å²) in [6.45, 7) is 6.65. The zero-order valence-electron chi connectivity index (χ0n) is 21.6. The number of carbonyl (C=O) groups is 1. The van der Waals surface area contributed by atoms with E-state index in [4.69, 9.17) is 9.72 Å². The monoisotopic (exact) mass is 550 g/mol. The fourth-order valence-corrected chi connectivity index (χ4v) is 7.19. The van der Waals surface area contributed by atoms with Crippen molar-refractivity contribution in [3.05, 3.63) is 83.7 Å². The lowest BCUT2D eigenvalue weighted by Crippen LogP contribution is -2.48. The largest absolute Gasteiger partial charge is 0.373 e. The van der Waals surface area contributed by atoms with Gasteiger partial charge in [0.2, 0.25) is 10.0 Å². The Bertz CT molecular complexity index is 1530. The molecule has 0 aliphatic carbocycles. The van der Waals surface area contributed by atoms with Crippen LogP contribution in [0.15, 0.2) is 71.8 Å². The molecule has 8 nitrogen and oxygen atoms in total. The summed E-state index contributed by atoms with van der Waals surface area (Å²) in [5.74, 6) is -0.275. The molecule has 1 aliphatic rings. The van der Waals surface area contributed by atoms with Crippen molar-refractivity contribution in [3.63, 3.8) is 0 Å². The van der Waals surface area contributed by atoms with Crippen LogP contribution in [0.2, 0.25) is 0 Å². The van der Waals surface area contributed by atoms with E-state index in [9.17, 15) is 13.2 Å². The second-order valence-corrected chi connectivity index (χ2v) is 12.4. The highest BCUT2D eigenvalue weighted by Gasteiger charge is 2.32. The highest BCUT2D eigenvalue weighted by Crippen LogP contribution is 2.32. The van der Waals surface area contributed by atoms with Crippen LogP contribution in [0, 0.1) is 0 Å². The molecule has 4 aromatic rings. The third-order valence-electron chi connectivity index (χ3n) is 6.50. The van der Waals surface area contributed by atoms with Crippen LogP contribution >= 0.6 is 11.3 Å². The summed E-state index contributed by atoms with van der Waals surface area (Å²) in [5, 5.41) is 0.567. The Morgan fingerprint density at radius 2 is 1.82 bits per heavy atom. The zero-order chi connectivity index (χ0) is 26.9. The van der Waals surface area contributed by atoms with Crippen molar-refractivity contribution in [1.29, 1.82) is 0 Å². The predicted octanol–water partition coefficient (Wildman–Crippen LogP) is 4.90. The Kier molecular flexibility index (Phi) is 7.58. The summed E-state index contributed by atoms with van der Waals surface area (Å²) in [6, 6.07) is 17.8. The van der Waals surface area contributed by atoms with E-state index in [1.165, 1.54) is 33.3 Å². The minimum absolute atomic E-state index is 0.152. The first-order valence-electron chi connectivity index (χ1n) is 12.6. The standard InChI is InChI=1S/C28H30N4O4S2/c1-4-21-8-13-25-26(15-21)37-28(30-25)32(18-23-7-5-6-14-29-23)27(33)22-9-11-24(12-10-22)38(34,35)31-16-19(2)36-20(3)17-31/h5-15,19-20H,4,16-18H2,1-3H3. The van der Waals surface area contributed by atoms with Gasteiger partial charge >= 0.3 is 0 Å². The van der Waals surface area contributed by atoms with Crippen LogP contribution < -0.4 is 4.90 Å². The smallest absolute Gasteiger partial charge is 0.260 e. The van der Waals surface area contributed by atoms with E-state index in [0.29, 0.717) is 23.8 Å². The third-order valence-corrected chi connectivity index (χ3v) is 9.38. The minimum Gasteiger partial charge on any atom is -0.373 e. The number of amides is 1. The van der Waals surface area contributed by atoms with Crippen molar-refractivity contribution < 1.29 is 17.9 Å². The van der Waals surface area contributed by atoms with E-state index < -0.39 is 10.0 Å². The lowest BCUT2D eigenvalue weighted by molar-refractivity contribution is -0.0440. The quantitative estimate of drug-likeness (QED) is 0.325. The van der Waals surface area contributed by atoms with Crippen molar-refractivity contribution in [2.24, 2.45) is 0 Å². The summed E-state index contributed by atoms with van der Waals surface area (Å²) in [6.07, 6.45) is 2.24. The number of thiazole rings is 1. The Hall–Kier alpha value is -3.18. The van der Waals surface area contributed by atoms with Crippen molar-refractivity contribution in [3.8, 4) is 0 Å². The molecule has 2 atom stereocenters. The van der Waals surface area contributed by atoms with Gasteiger partial charge in [0.15, 0.2) is 5.13 Å². The SMILES string of the molecule is CCc1ccc2nc(N(Cc3ccccn3)C(=O)c3ccc(S(=O)(=O)N4CC(C)OC(C)C4)cc3)sc2c1. The number of sulfonamides is 1. The Morgan fingerprint density at radius 1 is 1.08 bits per heavy atom. The van der Waals surface area contributed by atoms with Crippen molar-refractivity contribution in [2.45, 2.75) is 50.8 Å². The van der Waals surface area contributed by atoms with Crippen molar-refractivity contribution >= 4 is 42.6 Å². The number of rotatable bonds is 7. The predicted molar refractivity (Wildman–Crippen MR) is 149 cm³/mol. The summed E-state index contributed by atoms with van der Waals surface area (Å²) in [4.78, 5) is 24.7. The maximum absolute atomic E-state index is 13.8. The van der Waals surface area contributed by atoms with E-state index in [1.54, 1.807) is 23.2 Å². The van der Waals surface area contributed by atoms with Crippen LogP contribution in [-0.2, 0) is 27.7 Å². The van der Waals surface area contributed by atoms with Gasteiger partial charge in [-0.2, -0.15) is 4.31 Å². The molecular weight excluding hydrogens is 520 g/mol. The van der Waals surface area contributed by atoms with Gasteiger partial charge < -0.3 is 4.74 Å². The fourth-order valence-electron chi connectivity index (χ4n) is 4.57. The number of fused-ring (bicyclic) bond motifs is 1. The number of benzene rings is 2. The molecule has 0 radical (unpaired) electrons. The first kappa shape index (κ1) is 26.4. The maximum atomic E-state index is 13.8. The first-order chi connectivity index (χ1) is 18.2. The normalized spacial score (nSPS) is 18.5. The Labute approximate surface area is 227 Å². The van der Waals surface area contributed by atoms with Crippen LogP contribution in [0.4, 0.5) is 5.13 Å². The van der Waals surface area contributed by atoms with Crippen molar-refractivity contribution in [2.75, 3.05) is 18.0 Å². The van der Waals surface area contributed by atoms with Gasteiger partial charge in [0.25, 0.3) is 5.91 Å².